The Kier molecular flexibility index (Phi) is 6.11. The van der Waals surface area contributed by atoms with Gasteiger partial charge in [0.05, 0.1) is 35.2 Å². The molecule has 4 rings (SSSR count). The lowest BCUT2D eigenvalue weighted by Crippen LogP contribution is -2.29. The number of aromatic nitrogens is 3. The average Bonchev–Trinajstić information content (AvgIpc) is 3.26. The van der Waals surface area contributed by atoms with Gasteiger partial charge in [-0.05, 0) is 46.9 Å². The molecule has 0 atom stereocenters. The predicted octanol–water partition coefficient (Wildman–Crippen LogP) is 4.83. The molecule has 0 radical (unpaired) electrons. The number of aryl methyl sites for hydroxylation is 1. The van der Waals surface area contributed by atoms with E-state index in [0.29, 0.717) is 17.1 Å². The van der Waals surface area contributed by atoms with Gasteiger partial charge < -0.3 is 29.5 Å². The molecule has 0 saturated carbocycles. The van der Waals surface area contributed by atoms with Crippen molar-refractivity contribution in [3.8, 4) is 5.75 Å². The second-order valence-corrected chi connectivity index (χ2v) is 10.9. The number of hydrogen-bond donors (Lipinski definition) is 1. The van der Waals surface area contributed by atoms with Gasteiger partial charge in [-0.2, -0.15) is 4.98 Å². The number of nitrogens with one attached hydrogen (secondary N) is 1. The van der Waals surface area contributed by atoms with E-state index in [-0.39, 0.29) is 33.7 Å². The molecule has 0 spiro atoms. The Balaban J connectivity index is 1.82. The standard InChI is InChI=1S/C30H40N8O5/c1-18(2)43-28(39)20-16-31-29(34-27(20)37-17-30(4,5)26-22(37)11-10-19(3)32-26)33-21-14-24(38(40)41)23(15-25(21)42-9)36(8)13-12-35(6)7/h10-11,14-16,18H,12-13,17H2,1-9H3,(H,31,33,34)/i6D3,7D3,8D3. The van der Waals surface area contributed by atoms with Crippen LogP contribution in [0.15, 0.2) is 30.5 Å². The molecule has 13 heteroatoms. The minimum absolute atomic E-state index is 0.0493. The molecule has 0 bridgehead atoms. The van der Waals surface area contributed by atoms with Crippen LogP contribution in [0.25, 0.3) is 0 Å². The number of nitro groups is 1. The van der Waals surface area contributed by atoms with Crippen LogP contribution < -0.4 is 19.9 Å². The second-order valence-electron chi connectivity index (χ2n) is 10.9. The van der Waals surface area contributed by atoms with Gasteiger partial charge in [-0.3, -0.25) is 15.1 Å². The molecule has 0 aliphatic carbocycles. The lowest BCUT2D eigenvalue weighted by Gasteiger charge is -2.24. The van der Waals surface area contributed by atoms with Gasteiger partial charge >= 0.3 is 5.97 Å². The van der Waals surface area contributed by atoms with E-state index in [1.807, 2.05) is 37.8 Å². The Labute approximate surface area is 264 Å². The van der Waals surface area contributed by atoms with Gasteiger partial charge in [0.25, 0.3) is 5.69 Å². The molecule has 0 saturated heterocycles. The van der Waals surface area contributed by atoms with Gasteiger partial charge in [-0.25, -0.2) is 9.78 Å². The van der Waals surface area contributed by atoms with Crippen molar-refractivity contribution in [2.24, 2.45) is 0 Å². The maximum Gasteiger partial charge on any atom is 0.343 e. The Morgan fingerprint density at radius 1 is 1.23 bits per heavy atom. The number of pyridine rings is 1. The first-order chi connectivity index (χ1) is 23.8. The van der Waals surface area contributed by atoms with E-state index in [0.717, 1.165) is 23.5 Å². The topological polar surface area (TPSA) is 139 Å². The number of ether oxygens (including phenoxy) is 2. The Morgan fingerprint density at radius 3 is 2.65 bits per heavy atom. The van der Waals surface area contributed by atoms with Gasteiger partial charge in [0, 0.05) is 68.4 Å². The zero-order chi connectivity index (χ0) is 39.1. The summed E-state index contributed by atoms with van der Waals surface area (Å²) in [5.74, 6) is -0.714. The van der Waals surface area contributed by atoms with Crippen LogP contribution in [0, 0.1) is 17.0 Å². The van der Waals surface area contributed by atoms with Crippen molar-refractivity contribution < 1.29 is 31.5 Å². The fourth-order valence-corrected chi connectivity index (χ4v) is 4.70. The van der Waals surface area contributed by atoms with E-state index >= 15 is 0 Å². The van der Waals surface area contributed by atoms with Gasteiger partial charge in [0.1, 0.15) is 17.0 Å². The van der Waals surface area contributed by atoms with Gasteiger partial charge in [0.2, 0.25) is 5.95 Å². The molecular weight excluding hydrogens is 552 g/mol. The average molecular weight is 602 g/mol. The van der Waals surface area contributed by atoms with E-state index in [1.165, 1.54) is 13.3 Å². The van der Waals surface area contributed by atoms with Crippen molar-refractivity contribution in [3.63, 3.8) is 0 Å². The van der Waals surface area contributed by atoms with Crippen LogP contribution in [0.2, 0.25) is 0 Å². The number of anilines is 5. The molecule has 1 aliphatic heterocycles. The molecule has 43 heavy (non-hydrogen) atoms. The zero-order valence-electron chi connectivity index (χ0n) is 33.8. The molecule has 230 valence electrons. The van der Waals surface area contributed by atoms with Crippen LogP contribution in [0.4, 0.5) is 34.5 Å². The summed E-state index contributed by atoms with van der Waals surface area (Å²) in [5, 5.41) is 15.3. The molecule has 3 heterocycles. The van der Waals surface area contributed by atoms with E-state index in [2.05, 4.69) is 15.3 Å². The summed E-state index contributed by atoms with van der Waals surface area (Å²) in [7, 11) is 1.23. The minimum Gasteiger partial charge on any atom is -0.494 e. The fraction of sp³-hybridized carbons (Fsp3) is 0.467. The first kappa shape index (κ1) is 21.2. The highest BCUT2D eigenvalue weighted by atomic mass is 16.6. The number of methoxy groups -OCH3 is 1. The lowest BCUT2D eigenvalue weighted by atomic mass is 9.91. The number of carbonyl (C=O) groups excluding carboxylic acids is 1. The third-order valence-corrected chi connectivity index (χ3v) is 6.66. The van der Waals surface area contributed by atoms with Gasteiger partial charge in [-0.15, -0.1) is 0 Å². The molecule has 3 aromatic rings. The SMILES string of the molecule is [2H]C([2H])([2H])N(CCN(C([2H])([2H])[2H])C([2H])([2H])[2H])c1cc(OC)c(Nc2ncc(C(=O)OC(C)C)c(N3CC(C)(C)c4nc(C)ccc43)n2)cc1[N+](=O)[O-]. The first-order valence-corrected chi connectivity index (χ1v) is 13.4. The molecule has 0 fully saturated rings. The molecule has 13 nitrogen and oxygen atoms in total. The van der Waals surface area contributed by atoms with E-state index in [4.69, 9.17) is 26.8 Å². The second kappa shape index (κ2) is 12.4. The summed E-state index contributed by atoms with van der Waals surface area (Å²) in [4.78, 5) is 41.0. The Morgan fingerprint density at radius 2 is 2.00 bits per heavy atom. The summed E-state index contributed by atoms with van der Waals surface area (Å²) in [5.41, 5.74) is 0.619. The van der Waals surface area contributed by atoms with E-state index < -0.39 is 67.8 Å². The summed E-state index contributed by atoms with van der Waals surface area (Å²) >= 11 is 0. The number of esters is 1. The maximum absolute atomic E-state index is 13.3. The highest BCUT2D eigenvalue weighted by Crippen LogP contribution is 2.44. The predicted molar refractivity (Wildman–Crippen MR) is 166 cm³/mol. The molecule has 1 N–H and O–H groups in total. The van der Waals surface area contributed by atoms with Crippen LogP contribution in [0.3, 0.4) is 0 Å². The van der Waals surface area contributed by atoms with Crippen molar-refractivity contribution >= 4 is 40.5 Å². The number of hydrogen-bond acceptors (Lipinski definition) is 12. The molecule has 1 aliphatic rings. The number of benzene rings is 1. The molecular formula is C30H40N8O5. The number of likely N-dealkylation sites (N-methyl/N-ethyl adjacent to an activating group) is 2. The Bertz CT molecular complexity index is 1820. The van der Waals surface area contributed by atoms with Gasteiger partial charge in [0.15, 0.2) is 5.82 Å². The first-order valence-electron chi connectivity index (χ1n) is 17.9. The highest BCUT2D eigenvalue weighted by Gasteiger charge is 2.40. The number of nitro benzene ring substituents is 1. The third kappa shape index (κ3) is 6.77. The number of carbonyl (C=O) groups is 1. The van der Waals surface area contributed by atoms with Gasteiger partial charge in [-0.1, -0.05) is 13.8 Å². The number of rotatable bonds is 11. The third-order valence-electron chi connectivity index (χ3n) is 6.66. The quantitative estimate of drug-likeness (QED) is 0.183. The van der Waals surface area contributed by atoms with Crippen LogP contribution in [-0.4, -0.2) is 84.5 Å². The van der Waals surface area contributed by atoms with Crippen LogP contribution in [0.5, 0.6) is 5.75 Å². The summed E-state index contributed by atoms with van der Waals surface area (Å²) in [6, 6.07) is 5.75. The van der Waals surface area contributed by atoms with Crippen LogP contribution in [-0.2, 0) is 10.2 Å². The van der Waals surface area contributed by atoms with Crippen LogP contribution in [0.1, 0.15) is 61.8 Å². The van der Waals surface area contributed by atoms with E-state index in [9.17, 15) is 14.9 Å². The summed E-state index contributed by atoms with van der Waals surface area (Å²) in [6.45, 7) is -1.22. The number of fused-ring (bicyclic) bond motifs is 1. The Hall–Kier alpha value is -4.52. The monoisotopic (exact) mass is 601 g/mol. The highest BCUT2D eigenvalue weighted by molar-refractivity contribution is 5.96. The molecule has 0 unspecified atom stereocenters. The molecule has 1 aromatic carbocycles. The van der Waals surface area contributed by atoms with E-state index in [1.54, 1.807) is 13.8 Å². The molecule has 2 aromatic heterocycles. The normalized spacial score (nSPS) is 17.7. The van der Waals surface area contributed by atoms with Crippen molar-refractivity contribution in [3.05, 3.63) is 57.5 Å². The number of nitrogens with zero attached hydrogens (tertiary/aromatic N) is 7. The van der Waals surface area contributed by atoms with Crippen molar-refractivity contribution in [1.29, 1.82) is 0 Å². The molecule has 0 amide bonds. The van der Waals surface area contributed by atoms with Crippen LogP contribution >= 0.6 is 0 Å². The smallest absolute Gasteiger partial charge is 0.343 e. The summed E-state index contributed by atoms with van der Waals surface area (Å²) in [6.07, 6.45) is 0.808. The van der Waals surface area contributed by atoms with Crippen molar-refractivity contribution in [1.82, 2.24) is 19.9 Å². The lowest BCUT2D eigenvalue weighted by molar-refractivity contribution is -0.384. The summed E-state index contributed by atoms with van der Waals surface area (Å²) < 4.78 is 80.9. The maximum atomic E-state index is 13.3. The fourth-order valence-electron chi connectivity index (χ4n) is 4.70. The largest absolute Gasteiger partial charge is 0.494 e. The zero-order valence-corrected chi connectivity index (χ0v) is 24.8. The minimum atomic E-state index is -3.12. The van der Waals surface area contributed by atoms with Crippen molar-refractivity contribution in [2.45, 2.75) is 46.1 Å². The van der Waals surface area contributed by atoms with Crippen molar-refractivity contribution in [2.75, 3.05) is 62.8 Å².